The Hall–Kier alpha value is -3.49. The third-order valence-electron chi connectivity index (χ3n) is 4.94. The van der Waals surface area contributed by atoms with E-state index in [0.29, 0.717) is 6.29 Å². The van der Waals surface area contributed by atoms with Crippen molar-refractivity contribution < 1.29 is 26.0 Å². The van der Waals surface area contributed by atoms with Gasteiger partial charge in [0, 0.05) is 5.56 Å². The Labute approximate surface area is 186 Å². The van der Waals surface area contributed by atoms with Crippen molar-refractivity contribution in [3.63, 3.8) is 0 Å². The highest BCUT2D eigenvalue weighted by Crippen LogP contribution is 2.35. The maximum absolute atomic E-state index is 13.4. The number of benzene rings is 3. The molecule has 0 radical (unpaired) electrons. The van der Waals surface area contributed by atoms with Crippen LogP contribution in [-0.2, 0) is 19.7 Å². The third-order valence-corrected chi connectivity index (χ3v) is 8.54. The van der Waals surface area contributed by atoms with Crippen LogP contribution in [0.5, 0.6) is 0 Å². The monoisotopic (exact) mass is 466 g/mol. The molecule has 162 valence electrons. The lowest BCUT2D eigenvalue weighted by molar-refractivity contribution is 0.110. The molecular weight excluding hydrogens is 448 g/mol. The molecule has 8 heteroatoms. The molecule has 0 N–H and O–H groups in total. The summed E-state index contributed by atoms with van der Waals surface area (Å²) in [6, 6.07) is 20.8. The van der Waals surface area contributed by atoms with E-state index in [1.807, 2.05) is 6.92 Å². The summed E-state index contributed by atoms with van der Waals surface area (Å²) in [7, 11) is -7.91. The van der Waals surface area contributed by atoms with Gasteiger partial charge >= 0.3 is 0 Å². The Balaban J connectivity index is 1.95. The highest BCUT2D eigenvalue weighted by molar-refractivity contribution is 7.92. The highest BCUT2D eigenvalue weighted by atomic mass is 32.2. The Kier molecular flexibility index (Phi) is 5.58. The number of sulfone groups is 2. The molecule has 0 saturated carbocycles. The molecule has 0 unspecified atom stereocenters. The van der Waals surface area contributed by atoms with Crippen molar-refractivity contribution in [2.75, 3.05) is 0 Å². The molecule has 4 aromatic rings. The number of furan rings is 1. The summed E-state index contributed by atoms with van der Waals surface area (Å²) < 4.78 is 58.4. The van der Waals surface area contributed by atoms with Crippen molar-refractivity contribution in [3.05, 3.63) is 96.3 Å². The van der Waals surface area contributed by atoms with E-state index >= 15 is 0 Å². The van der Waals surface area contributed by atoms with Gasteiger partial charge < -0.3 is 4.42 Å². The molecule has 32 heavy (non-hydrogen) atoms. The van der Waals surface area contributed by atoms with Crippen LogP contribution < -0.4 is 0 Å². The molecule has 0 amide bonds. The van der Waals surface area contributed by atoms with Crippen LogP contribution in [0.1, 0.15) is 16.1 Å². The van der Waals surface area contributed by atoms with Crippen LogP contribution >= 0.6 is 0 Å². The summed E-state index contributed by atoms with van der Waals surface area (Å²) in [4.78, 5) is 11.0. The van der Waals surface area contributed by atoms with Crippen LogP contribution in [0.2, 0.25) is 0 Å². The smallest absolute Gasteiger partial charge is 0.207 e. The predicted molar refractivity (Wildman–Crippen MR) is 118 cm³/mol. The van der Waals surface area contributed by atoms with Gasteiger partial charge in [-0.15, -0.1) is 0 Å². The first-order valence-electron chi connectivity index (χ1n) is 9.55. The first kappa shape index (κ1) is 21.7. The molecule has 0 aliphatic carbocycles. The lowest BCUT2D eigenvalue weighted by Gasteiger charge is -2.12. The van der Waals surface area contributed by atoms with Gasteiger partial charge in [0.15, 0.2) is 12.0 Å². The first-order chi connectivity index (χ1) is 15.2. The molecule has 0 aliphatic rings. The van der Waals surface area contributed by atoms with Gasteiger partial charge in [-0.1, -0.05) is 35.9 Å². The molecule has 0 bridgehead atoms. The highest BCUT2D eigenvalue weighted by Gasteiger charge is 2.27. The van der Waals surface area contributed by atoms with Crippen molar-refractivity contribution >= 4 is 26.0 Å². The zero-order valence-electron chi connectivity index (χ0n) is 16.9. The van der Waals surface area contributed by atoms with Gasteiger partial charge in [-0.3, -0.25) is 4.79 Å². The summed E-state index contributed by atoms with van der Waals surface area (Å²) in [5.41, 5.74) is 0.950. The van der Waals surface area contributed by atoms with E-state index in [9.17, 15) is 21.6 Å². The average Bonchev–Trinajstić information content (AvgIpc) is 3.29. The molecule has 0 aliphatic heterocycles. The molecule has 0 fully saturated rings. The Morgan fingerprint density at radius 1 is 0.688 bits per heavy atom. The molecule has 4 rings (SSSR count). The van der Waals surface area contributed by atoms with Gasteiger partial charge in [0.25, 0.3) is 0 Å². The van der Waals surface area contributed by atoms with Gasteiger partial charge in [0.05, 0.1) is 19.6 Å². The lowest BCUT2D eigenvalue weighted by Crippen LogP contribution is -2.07. The molecule has 0 saturated heterocycles. The van der Waals surface area contributed by atoms with Crippen molar-refractivity contribution in [1.29, 1.82) is 0 Å². The maximum atomic E-state index is 13.4. The predicted octanol–water partition coefficient (Wildman–Crippen LogP) is 4.73. The third kappa shape index (κ3) is 3.90. The van der Waals surface area contributed by atoms with E-state index in [1.165, 1.54) is 54.6 Å². The van der Waals surface area contributed by atoms with Crippen molar-refractivity contribution in [1.82, 2.24) is 0 Å². The number of carbonyl (C=O) groups excluding carboxylic acids is 1. The van der Waals surface area contributed by atoms with E-state index < -0.39 is 19.7 Å². The molecule has 6 nitrogen and oxygen atoms in total. The van der Waals surface area contributed by atoms with Crippen LogP contribution in [-0.4, -0.2) is 23.1 Å². The second-order valence-electron chi connectivity index (χ2n) is 7.11. The van der Waals surface area contributed by atoms with Crippen LogP contribution in [0.3, 0.4) is 0 Å². The van der Waals surface area contributed by atoms with Crippen molar-refractivity contribution in [2.24, 2.45) is 0 Å². The van der Waals surface area contributed by atoms with Gasteiger partial charge in [-0.05, 0) is 61.5 Å². The SMILES string of the molecule is Cc1ccc(S(=O)(=O)c2ccc(S(=O)(=O)c3ccccc3)cc2-c2ccc(C=O)o2)cc1. The average molecular weight is 467 g/mol. The maximum Gasteiger partial charge on any atom is 0.207 e. The minimum Gasteiger partial charge on any atom is -0.453 e. The second kappa shape index (κ2) is 8.22. The summed E-state index contributed by atoms with van der Waals surface area (Å²) in [5.74, 6) is 0.0675. The minimum atomic E-state index is -4.00. The Morgan fingerprint density at radius 3 is 1.94 bits per heavy atom. The fourth-order valence-electron chi connectivity index (χ4n) is 3.24. The van der Waals surface area contributed by atoms with Crippen molar-refractivity contribution in [3.8, 4) is 11.3 Å². The zero-order chi connectivity index (χ0) is 22.9. The number of rotatable bonds is 6. The number of hydrogen-bond donors (Lipinski definition) is 0. The lowest BCUT2D eigenvalue weighted by atomic mass is 10.2. The minimum absolute atomic E-state index is 0.00463. The molecule has 1 aromatic heterocycles. The first-order valence-corrected chi connectivity index (χ1v) is 12.5. The Bertz CT molecular complexity index is 1500. The van der Waals surface area contributed by atoms with Crippen LogP contribution in [0.4, 0.5) is 0 Å². The number of hydrogen-bond acceptors (Lipinski definition) is 6. The summed E-state index contributed by atoms with van der Waals surface area (Å²) in [5, 5.41) is 0. The Morgan fingerprint density at radius 2 is 1.31 bits per heavy atom. The normalized spacial score (nSPS) is 11.9. The topological polar surface area (TPSA) is 98.5 Å². The van der Waals surface area contributed by atoms with Crippen LogP contribution in [0.15, 0.2) is 109 Å². The van der Waals surface area contributed by atoms with E-state index in [-0.39, 0.29) is 36.7 Å². The number of aryl methyl sites for hydroxylation is 1. The van der Waals surface area contributed by atoms with E-state index in [0.717, 1.165) is 5.56 Å². The quantitative estimate of drug-likeness (QED) is 0.381. The van der Waals surface area contributed by atoms with Crippen LogP contribution in [0, 0.1) is 6.92 Å². The molecule has 3 aromatic carbocycles. The largest absolute Gasteiger partial charge is 0.453 e. The zero-order valence-corrected chi connectivity index (χ0v) is 18.6. The van der Waals surface area contributed by atoms with Gasteiger partial charge in [-0.25, -0.2) is 16.8 Å². The standard InChI is InChI=1S/C24H18O6S2/c1-17-7-10-20(11-8-17)32(28,29)24-14-12-21(31(26,27)19-5-3-2-4-6-19)15-22(24)23-13-9-18(16-25)30-23/h2-16H,1H3. The fourth-order valence-corrected chi connectivity index (χ4v) is 6.00. The molecule has 0 spiro atoms. The van der Waals surface area contributed by atoms with E-state index in [2.05, 4.69) is 0 Å². The molecular formula is C24H18O6S2. The molecule has 0 atom stereocenters. The number of carbonyl (C=O) groups is 1. The molecule has 1 heterocycles. The summed E-state index contributed by atoms with van der Waals surface area (Å²) in [6.07, 6.45) is 0.488. The van der Waals surface area contributed by atoms with Gasteiger partial charge in [0.1, 0.15) is 5.76 Å². The van der Waals surface area contributed by atoms with E-state index in [1.54, 1.807) is 30.3 Å². The fraction of sp³-hybridized carbons (Fsp3) is 0.0417. The van der Waals surface area contributed by atoms with Gasteiger partial charge in [0.2, 0.25) is 19.7 Å². The van der Waals surface area contributed by atoms with Gasteiger partial charge in [-0.2, -0.15) is 0 Å². The summed E-state index contributed by atoms with van der Waals surface area (Å²) in [6.45, 7) is 1.84. The summed E-state index contributed by atoms with van der Waals surface area (Å²) >= 11 is 0. The van der Waals surface area contributed by atoms with Crippen molar-refractivity contribution in [2.45, 2.75) is 26.5 Å². The second-order valence-corrected chi connectivity index (χ2v) is 11.0. The number of aldehydes is 1. The van der Waals surface area contributed by atoms with E-state index in [4.69, 9.17) is 4.42 Å². The van der Waals surface area contributed by atoms with Crippen LogP contribution in [0.25, 0.3) is 11.3 Å².